The molecule has 1 N–H and O–H groups in total. The van der Waals surface area contributed by atoms with Crippen molar-refractivity contribution in [3.63, 3.8) is 0 Å². The highest BCUT2D eigenvalue weighted by atomic mass is 16.5. The number of hydrogen-bond acceptors (Lipinski definition) is 8. The van der Waals surface area contributed by atoms with Crippen LogP contribution in [-0.2, 0) is 15.9 Å². The molecule has 3 aliphatic rings. The number of aromatic amines is 1. The van der Waals surface area contributed by atoms with E-state index < -0.39 is 0 Å². The number of hydrogen-bond donors (Lipinski definition) is 1. The molecule has 8 rings (SSSR count). The molecule has 3 aliphatic heterocycles. The molecule has 0 amide bonds. The van der Waals surface area contributed by atoms with Gasteiger partial charge in [0.05, 0.1) is 48.9 Å². The van der Waals surface area contributed by atoms with Gasteiger partial charge in [-0.25, -0.2) is 4.98 Å². The molecule has 246 valence electrons. The smallest absolute Gasteiger partial charge is 0.138 e. The third kappa shape index (κ3) is 7.15. The Morgan fingerprint density at radius 1 is 0.625 bits per heavy atom. The first kappa shape index (κ1) is 30.8. The molecule has 0 unspecified atom stereocenters. The minimum atomic E-state index is 0.668. The molecule has 0 radical (unpaired) electrons. The number of H-pyrrole nitrogens is 1. The molecule has 1 aromatic heterocycles. The van der Waals surface area contributed by atoms with Gasteiger partial charge in [0.1, 0.15) is 30.5 Å². The largest absolute Gasteiger partial charge is 0.492 e. The van der Waals surface area contributed by atoms with Crippen molar-refractivity contribution in [2.75, 3.05) is 78.9 Å². The molecule has 0 saturated carbocycles. The Bertz CT molecular complexity index is 1870. The highest BCUT2D eigenvalue weighted by molar-refractivity contribution is 6.07. The van der Waals surface area contributed by atoms with Gasteiger partial charge >= 0.3 is 0 Å². The van der Waals surface area contributed by atoms with Gasteiger partial charge in [-0.3, -0.25) is 14.8 Å². The molecule has 48 heavy (non-hydrogen) atoms. The van der Waals surface area contributed by atoms with E-state index in [9.17, 15) is 0 Å². The van der Waals surface area contributed by atoms with Crippen LogP contribution < -0.4 is 9.47 Å². The quantitative estimate of drug-likeness (QED) is 0.189. The summed E-state index contributed by atoms with van der Waals surface area (Å²) in [5.74, 6) is 2.61. The van der Waals surface area contributed by atoms with Crippen molar-refractivity contribution in [3.05, 3.63) is 96.1 Å². The van der Waals surface area contributed by atoms with Crippen molar-refractivity contribution < 1.29 is 18.9 Å². The maximum atomic E-state index is 6.01. The summed E-state index contributed by atoms with van der Waals surface area (Å²) < 4.78 is 22.8. The predicted molar refractivity (Wildman–Crippen MR) is 189 cm³/mol. The van der Waals surface area contributed by atoms with Crippen LogP contribution in [0, 0.1) is 0 Å². The lowest BCUT2D eigenvalue weighted by molar-refractivity contribution is 0.0321. The summed E-state index contributed by atoms with van der Waals surface area (Å²) in [6, 6.07) is 29.5. The zero-order valence-electron chi connectivity index (χ0n) is 27.2. The van der Waals surface area contributed by atoms with Crippen LogP contribution in [0.25, 0.3) is 33.5 Å². The Hall–Kier alpha value is -4.54. The third-order valence-corrected chi connectivity index (χ3v) is 9.39. The Labute approximate surface area is 281 Å². The second-order valence-corrected chi connectivity index (χ2v) is 12.5. The number of benzene rings is 4. The number of ether oxygens (including phenoxy) is 4. The highest BCUT2D eigenvalue weighted by Crippen LogP contribution is 2.35. The molecule has 5 aromatic rings. The average Bonchev–Trinajstić information content (AvgIpc) is 3.77. The third-order valence-electron chi connectivity index (χ3n) is 9.39. The fraction of sp³-hybridized carbons (Fsp3) is 0.333. The van der Waals surface area contributed by atoms with Crippen LogP contribution in [0.5, 0.6) is 11.5 Å². The van der Waals surface area contributed by atoms with Crippen LogP contribution in [0.2, 0.25) is 0 Å². The van der Waals surface area contributed by atoms with Gasteiger partial charge in [0, 0.05) is 51.3 Å². The standard InChI is InChI=1S/C39H41N5O4/c1-2-32-27-36(28-3-8-33(9-4-28)47-23-17-43-13-19-45-20-14-43)40-37(32)25-30(1)31-7-12-35-38(26-31)42-39(41-35)29-5-10-34(11-6-29)48-24-18-44-15-21-46-22-16-44/h1-12,25-26H,13-24,27H2,(H,41,42). The summed E-state index contributed by atoms with van der Waals surface area (Å²) in [6.07, 6.45) is 0.827. The number of fused-ring (bicyclic) bond motifs is 2. The zero-order chi connectivity index (χ0) is 32.1. The van der Waals surface area contributed by atoms with E-state index in [0.717, 1.165) is 134 Å². The molecular weight excluding hydrogens is 602 g/mol. The molecule has 0 bridgehead atoms. The summed E-state index contributed by atoms with van der Waals surface area (Å²) in [4.78, 5) is 18.2. The van der Waals surface area contributed by atoms with Gasteiger partial charge in [0.15, 0.2) is 0 Å². The van der Waals surface area contributed by atoms with E-state index in [1.165, 1.54) is 5.56 Å². The van der Waals surface area contributed by atoms with Crippen molar-refractivity contribution in [1.29, 1.82) is 0 Å². The monoisotopic (exact) mass is 643 g/mol. The summed E-state index contributed by atoms with van der Waals surface area (Å²) in [5.41, 5.74) is 9.74. The van der Waals surface area contributed by atoms with Crippen LogP contribution >= 0.6 is 0 Å². The number of rotatable bonds is 11. The summed E-state index contributed by atoms with van der Waals surface area (Å²) in [5, 5.41) is 0. The summed E-state index contributed by atoms with van der Waals surface area (Å²) >= 11 is 0. The second kappa shape index (κ2) is 14.3. The van der Waals surface area contributed by atoms with E-state index in [1.54, 1.807) is 0 Å². The van der Waals surface area contributed by atoms with Gasteiger partial charge in [0.2, 0.25) is 0 Å². The van der Waals surface area contributed by atoms with Crippen LogP contribution in [0.4, 0.5) is 5.69 Å². The Balaban J connectivity index is 0.899. The normalized spacial score (nSPS) is 17.0. The first-order chi connectivity index (χ1) is 23.7. The first-order valence-electron chi connectivity index (χ1n) is 17.0. The Morgan fingerprint density at radius 2 is 1.19 bits per heavy atom. The van der Waals surface area contributed by atoms with Gasteiger partial charge in [-0.1, -0.05) is 18.2 Å². The van der Waals surface area contributed by atoms with Crippen LogP contribution in [-0.4, -0.2) is 104 Å². The summed E-state index contributed by atoms with van der Waals surface area (Å²) in [7, 11) is 0. The molecule has 4 aromatic carbocycles. The van der Waals surface area contributed by atoms with E-state index >= 15 is 0 Å². The fourth-order valence-electron chi connectivity index (χ4n) is 6.54. The van der Waals surface area contributed by atoms with Crippen molar-refractivity contribution >= 4 is 22.4 Å². The number of aromatic nitrogens is 2. The molecule has 2 fully saturated rings. The first-order valence-corrected chi connectivity index (χ1v) is 17.0. The van der Waals surface area contributed by atoms with E-state index in [2.05, 4.69) is 87.6 Å². The number of morpholine rings is 2. The Kier molecular flexibility index (Phi) is 9.16. The van der Waals surface area contributed by atoms with Gasteiger partial charge < -0.3 is 23.9 Å². The summed E-state index contributed by atoms with van der Waals surface area (Å²) in [6.45, 7) is 10.3. The van der Waals surface area contributed by atoms with E-state index in [1.807, 2.05) is 12.1 Å². The molecule has 0 spiro atoms. The van der Waals surface area contributed by atoms with Crippen LogP contribution in [0.1, 0.15) is 11.1 Å². The molecule has 2 saturated heterocycles. The van der Waals surface area contributed by atoms with E-state index in [0.29, 0.717) is 13.2 Å². The highest BCUT2D eigenvalue weighted by Gasteiger charge is 2.18. The topological polar surface area (TPSA) is 84.4 Å². The zero-order valence-corrected chi connectivity index (χ0v) is 27.2. The number of aliphatic imine (C=N–C) groups is 1. The minimum absolute atomic E-state index is 0.668. The maximum absolute atomic E-state index is 6.01. The average molecular weight is 644 g/mol. The maximum Gasteiger partial charge on any atom is 0.138 e. The molecule has 9 heteroatoms. The number of nitrogens with one attached hydrogen (secondary N) is 1. The number of imidazole rings is 1. The molecule has 4 heterocycles. The van der Waals surface area contributed by atoms with Crippen molar-refractivity contribution in [1.82, 2.24) is 19.8 Å². The van der Waals surface area contributed by atoms with Crippen molar-refractivity contribution in [2.24, 2.45) is 4.99 Å². The van der Waals surface area contributed by atoms with Crippen molar-refractivity contribution in [3.8, 4) is 34.0 Å². The lowest BCUT2D eigenvalue weighted by Crippen LogP contribution is -2.38. The van der Waals surface area contributed by atoms with Crippen LogP contribution in [0.15, 0.2) is 89.9 Å². The van der Waals surface area contributed by atoms with Gasteiger partial charge in [-0.15, -0.1) is 0 Å². The minimum Gasteiger partial charge on any atom is -0.492 e. The van der Waals surface area contributed by atoms with Gasteiger partial charge in [-0.2, -0.15) is 0 Å². The molecule has 0 aliphatic carbocycles. The lowest BCUT2D eigenvalue weighted by atomic mass is 10.00. The second-order valence-electron chi connectivity index (χ2n) is 12.5. The van der Waals surface area contributed by atoms with Crippen molar-refractivity contribution in [2.45, 2.75) is 6.42 Å². The molecule has 9 nitrogen and oxygen atoms in total. The Morgan fingerprint density at radius 3 is 1.83 bits per heavy atom. The van der Waals surface area contributed by atoms with Crippen LogP contribution in [0.3, 0.4) is 0 Å². The SMILES string of the molecule is c1cc(C2=Nc3cc(-c4ccc5nc(-c6ccc(OCCN7CCOCC7)cc6)[nH]c5c4)ccc3C2)ccc1OCCN1CCOCC1. The molecular formula is C39H41N5O4. The van der Waals surface area contributed by atoms with E-state index in [-0.39, 0.29) is 0 Å². The van der Waals surface area contributed by atoms with Gasteiger partial charge in [0.25, 0.3) is 0 Å². The van der Waals surface area contributed by atoms with Gasteiger partial charge in [-0.05, 0) is 89.0 Å². The predicted octanol–water partition coefficient (Wildman–Crippen LogP) is 6.00. The fourth-order valence-corrected chi connectivity index (χ4v) is 6.54. The van der Waals surface area contributed by atoms with E-state index in [4.69, 9.17) is 28.9 Å². The number of nitrogens with zero attached hydrogens (tertiary/aromatic N) is 4. The lowest BCUT2D eigenvalue weighted by Gasteiger charge is -2.26. The molecule has 0 atom stereocenters.